The molecule has 0 bridgehead atoms. The van der Waals surface area contributed by atoms with Crippen LogP contribution in [0.5, 0.6) is 0 Å². The third kappa shape index (κ3) is 4.33. The van der Waals surface area contributed by atoms with Crippen LogP contribution in [0.15, 0.2) is 60.0 Å². The Balaban J connectivity index is 1.71. The second kappa shape index (κ2) is 7.46. The van der Waals surface area contributed by atoms with E-state index in [9.17, 15) is 4.79 Å². The molecule has 0 aliphatic carbocycles. The van der Waals surface area contributed by atoms with Gasteiger partial charge in [-0.25, -0.2) is 9.97 Å². The second-order valence-electron chi connectivity index (χ2n) is 4.84. The van der Waals surface area contributed by atoms with Crippen LogP contribution in [0.3, 0.4) is 0 Å². The number of carbonyl (C=O) groups excluding carboxylic acids is 1. The van der Waals surface area contributed by atoms with Crippen molar-refractivity contribution in [1.29, 1.82) is 0 Å². The largest absolute Gasteiger partial charge is 0.344 e. The number of rotatable bonds is 6. The van der Waals surface area contributed by atoms with Gasteiger partial charge >= 0.3 is 0 Å². The van der Waals surface area contributed by atoms with Crippen LogP contribution in [-0.4, -0.2) is 25.7 Å². The molecule has 116 valence electrons. The summed E-state index contributed by atoms with van der Waals surface area (Å²) in [6, 6.07) is 9.60. The van der Waals surface area contributed by atoms with E-state index in [1.165, 1.54) is 23.7 Å². The van der Waals surface area contributed by atoms with Crippen molar-refractivity contribution in [3.05, 3.63) is 71.2 Å². The number of thiazole rings is 1. The minimum Gasteiger partial charge on any atom is -0.344 e. The first-order valence-corrected chi connectivity index (χ1v) is 7.99. The summed E-state index contributed by atoms with van der Waals surface area (Å²) in [5, 5.41) is 8.98. The van der Waals surface area contributed by atoms with Crippen LogP contribution in [0.25, 0.3) is 6.08 Å². The summed E-state index contributed by atoms with van der Waals surface area (Å²) in [6.07, 6.45) is 6.30. The molecule has 0 fully saturated rings. The molecule has 1 amide bonds. The third-order valence-electron chi connectivity index (χ3n) is 3.21. The molecular formula is C16H15N5OS. The van der Waals surface area contributed by atoms with Crippen molar-refractivity contribution in [3.63, 3.8) is 0 Å². The van der Waals surface area contributed by atoms with Crippen molar-refractivity contribution in [2.75, 3.05) is 0 Å². The maximum absolute atomic E-state index is 12.2. The van der Waals surface area contributed by atoms with E-state index < -0.39 is 0 Å². The van der Waals surface area contributed by atoms with E-state index in [1.54, 1.807) is 22.6 Å². The summed E-state index contributed by atoms with van der Waals surface area (Å²) in [7, 11) is 0. The van der Waals surface area contributed by atoms with E-state index in [0.717, 1.165) is 11.3 Å². The SMILES string of the molecule is O=C(/C=C/c1cscn1)NC(Cn1cncn1)c1ccccc1. The maximum atomic E-state index is 12.2. The van der Waals surface area contributed by atoms with Gasteiger partial charge in [0.05, 0.1) is 23.8 Å². The Morgan fingerprint density at radius 1 is 1.35 bits per heavy atom. The third-order valence-corrected chi connectivity index (χ3v) is 3.82. The summed E-state index contributed by atoms with van der Waals surface area (Å²) >= 11 is 1.49. The molecular weight excluding hydrogens is 310 g/mol. The molecule has 1 atom stereocenters. The minimum absolute atomic E-state index is 0.174. The molecule has 0 aliphatic rings. The lowest BCUT2D eigenvalue weighted by Crippen LogP contribution is -2.30. The number of nitrogens with zero attached hydrogens (tertiary/aromatic N) is 4. The number of nitrogens with one attached hydrogen (secondary N) is 1. The molecule has 0 saturated carbocycles. The molecule has 1 unspecified atom stereocenters. The normalized spacial score (nSPS) is 12.3. The van der Waals surface area contributed by atoms with Crippen molar-refractivity contribution in [3.8, 4) is 0 Å². The predicted octanol–water partition coefficient (Wildman–Crippen LogP) is 2.31. The second-order valence-corrected chi connectivity index (χ2v) is 5.55. The van der Waals surface area contributed by atoms with Gasteiger partial charge in [0.15, 0.2) is 0 Å². The van der Waals surface area contributed by atoms with Crippen molar-refractivity contribution in [2.45, 2.75) is 12.6 Å². The van der Waals surface area contributed by atoms with Gasteiger partial charge in [0.2, 0.25) is 5.91 Å². The van der Waals surface area contributed by atoms with Crippen molar-refractivity contribution in [1.82, 2.24) is 25.1 Å². The minimum atomic E-state index is -0.189. The fraction of sp³-hybridized carbons (Fsp3) is 0.125. The lowest BCUT2D eigenvalue weighted by atomic mass is 10.1. The molecule has 1 N–H and O–H groups in total. The Morgan fingerprint density at radius 2 is 2.22 bits per heavy atom. The fourth-order valence-corrected chi connectivity index (χ4v) is 2.64. The monoisotopic (exact) mass is 325 g/mol. The summed E-state index contributed by atoms with van der Waals surface area (Å²) in [5.41, 5.74) is 3.52. The molecule has 23 heavy (non-hydrogen) atoms. The van der Waals surface area contributed by atoms with Crippen LogP contribution in [0.2, 0.25) is 0 Å². The number of hydrogen-bond acceptors (Lipinski definition) is 5. The van der Waals surface area contributed by atoms with E-state index in [2.05, 4.69) is 20.4 Å². The highest BCUT2D eigenvalue weighted by Crippen LogP contribution is 2.14. The lowest BCUT2D eigenvalue weighted by molar-refractivity contribution is -0.117. The molecule has 2 heterocycles. The molecule has 0 spiro atoms. The predicted molar refractivity (Wildman–Crippen MR) is 88.5 cm³/mol. The zero-order valence-corrected chi connectivity index (χ0v) is 13.1. The van der Waals surface area contributed by atoms with Gasteiger partial charge < -0.3 is 5.32 Å². The smallest absolute Gasteiger partial charge is 0.244 e. The van der Waals surface area contributed by atoms with Crippen LogP contribution in [0.1, 0.15) is 17.3 Å². The molecule has 0 aliphatic heterocycles. The van der Waals surface area contributed by atoms with Crippen LogP contribution in [0, 0.1) is 0 Å². The Kier molecular flexibility index (Phi) is 4.90. The standard InChI is InChI=1S/C16H15N5OS/c22-16(7-6-14-9-23-12-18-14)20-15(8-21-11-17-10-19-21)13-4-2-1-3-5-13/h1-7,9-12,15H,8H2,(H,20,22)/b7-6+. The molecule has 3 aromatic rings. The van der Waals surface area contributed by atoms with Gasteiger partial charge in [-0.3, -0.25) is 9.48 Å². The van der Waals surface area contributed by atoms with E-state index in [4.69, 9.17) is 0 Å². The van der Waals surface area contributed by atoms with Crippen LogP contribution >= 0.6 is 11.3 Å². The highest BCUT2D eigenvalue weighted by molar-refractivity contribution is 7.07. The van der Waals surface area contributed by atoms with E-state index in [1.807, 2.05) is 35.7 Å². The van der Waals surface area contributed by atoms with Gasteiger partial charge in [0.25, 0.3) is 0 Å². The van der Waals surface area contributed by atoms with Crippen molar-refractivity contribution < 1.29 is 4.79 Å². The van der Waals surface area contributed by atoms with Crippen LogP contribution in [0.4, 0.5) is 0 Å². The molecule has 6 nitrogen and oxygen atoms in total. The summed E-state index contributed by atoms with van der Waals surface area (Å²) in [4.78, 5) is 20.2. The summed E-state index contributed by atoms with van der Waals surface area (Å²) in [6.45, 7) is 0.514. The van der Waals surface area contributed by atoms with E-state index >= 15 is 0 Å². The first kappa shape index (κ1) is 15.1. The molecule has 0 saturated heterocycles. The Hall–Kier alpha value is -2.80. The molecule has 0 radical (unpaired) electrons. The number of benzene rings is 1. The van der Waals surface area contributed by atoms with Gasteiger partial charge in [-0.2, -0.15) is 5.10 Å². The van der Waals surface area contributed by atoms with E-state index in [0.29, 0.717) is 6.54 Å². The summed E-state index contributed by atoms with van der Waals surface area (Å²) < 4.78 is 1.70. The topological polar surface area (TPSA) is 72.7 Å². The Morgan fingerprint density at radius 3 is 2.91 bits per heavy atom. The number of aromatic nitrogens is 4. The van der Waals surface area contributed by atoms with Gasteiger partial charge in [0.1, 0.15) is 12.7 Å². The maximum Gasteiger partial charge on any atom is 0.244 e. The Bertz CT molecular complexity index is 753. The molecule has 1 aromatic carbocycles. The van der Waals surface area contributed by atoms with Crippen molar-refractivity contribution >= 4 is 23.3 Å². The number of carbonyl (C=O) groups is 1. The molecule has 7 heteroatoms. The highest BCUT2D eigenvalue weighted by Gasteiger charge is 2.14. The van der Waals surface area contributed by atoms with Gasteiger partial charge in [-0.15, -0.1) is 11.3 Å². The average molecular weight is 325 g/mol. The first-order valence-electron chi connectivity index (χ1n) is 7.05. The quantitative estimate of drug-likeness (QED) is 0.706. The fourth-order valence-electron chi connectivity index (χ4n) is 2.12. The van der Waals surface area contributed by atoms with E-state index in [-0.39, 0.29) is 11.9 Å². The van der Waals surface area contributed by atoms with Crippen LogP contribution < -0.4 is 5.32 Å². The van der Waals surface area contributed by atoms with Gasteiger partial charge in [-0.1, -0.05) is 30.3 Å². The molecule has 3 rings (SSSR count). The van der Waals surface area contributed by atoms with Crippen molar-refractivity contribution in [2.24, 2.45) is 0 Å². The average Bonchev–Trinajstić information content (AvgIpc) is 3.27. The van der Waals surface area contributed by atoms with Crippen LogP contribution in [-0.2, 0) is 11.3 Å². The summed E-state index contributed by atoms with van der Waals surface area (Å²) in [5.74, 6) is -0.174. The van der Waals surface area contributed by atoms with Gasteiger partial charge in [-0.05, 0) is 11.6 Å². The number of hydrogen-bond donors (Lipinski definition) is 1. The molecule has 2 aromatic heterocycles. The zero-order valence-electron chi connectivity index (χ0n) is 12.2. The highest BCUT2D eigenvalue weighted by atomic mass is 32.1. The van der Waals surface area contributed by atoms with Gasteiger partial charge in [0, 0.05) is 11.5 Å². The number of amides is 1. The zero-order chi connectivity index (χ0) is 15.9. The lowest BCUT2D eigenvalue weighted by Gasteiger charge is -2.18. The first-order chi connectivity index (χ1) is 11.3. The Labute approximate surface area is 137 Å².